The third-order valence-corrected chi connectivity index (χ3v) is 3.91. The molecule has 0 saturated heterocycles. The molecule has 4 heteroatoms. The van der Waals surface area contributed by atoms with Gasteiger partial charge in [0.1, 0.15) is 0 Å². The average Bonchev–Trinajstić information content (AvgIpc) is 2.69. The normalized spacial score (nSPS) is 25.5. The van der Waals surface area contributed by atoms with Crippen molar-refractivity contribution < 1.29 is 4.39 Å². The van der Waals surface area contributed by atoms with Gasteiger partial charge in [-0.05, 0) is 37.7 Å². The summed E-state index contributed by atoms with van der Waals surface area (Å²) in [5, 5.41) is 3.89. The second-order valence-corrected chi connectivity index (χ2v) is 4.98. The van der Waals surface area contributed by atoms with Crippen LogP contribution in [0.4, 0.5) is 10.2 Å². The highest BCUT2D eigenvalue weighted by molar-refractivity contribution is 7.99. The van der Waals surface area contributed by atoms with E-state index in [1.54, 1.807) is 12.3 Å². The monoisotopic (exact) mass is 226 g/mol. The van der Waals surface area contributed by atoms with E-state index in [9.17, 15) is 4.39 Å². The van der Waals surface area contributed by atoms with E-state index in [4.69, 9.17) is 0 Å². The van der Waals surface area contributed by atoms with Gasteiger partial charge in [-0.25, -0.2) is 9.37 Å². The van der Waals surface area contributed by atoms with Crippen LogP contribution in [0.5, 0.6) is 0 Å². The molecule has 1 aromatic heterocycles. The minimum atomic E-state index is -0.259. The molecule has 1 fully saturated rings. The Morgan fingerprint density at radius 3 is 3.07 bits per heavy atom. The number of hydrogen-bond donors (Lipinski definition) is 1. The molecule has 1 aromatic rings. The lowest BCUT2D eigenvalue weighted by Crippen LogP contribution is -2.17. The second-order valence-electron chi connectivity index (χ2n) is 3.85. The quantitative estimate of drug-likeness (QED) is 0.857. The van der Waals surface area contributed by atoms with Gasteiger partial charge in [-0.15, -0.1) is 0 Å². The number of hydrogen-bond acceptors (Lipinski definition) is 3. The number of nitrogens with zero attached hydrogens (tertiary/aromatic N) is 1. The zero-order valence-electron chi connectivity index (χ0n) is 8.74. The lowest BCUT2D eigenvalue weighted by Gasteiger charge is -2.13. The van der Waals surface area contributed by atoms with E-state index in [2.05, 4.69) is 16.6 Å². The number of aromatic nitrogens is 1. The highest BCUT2D eigenvalue weighted by Crippen LogP contribution is 2.30. The molecule has 1 N–H and O–H groups in total. The average molecular weight is 226 g/mol. The fourth-order valence-electron chi connectivity index (χ4n) is 1.97. The van der Waals surface area contributed by atoms with Crippen LogP contribution in [0.15, 0.2) is 18.3 Å². The van der Waals surface area contributed by atoms with Crippen molar-refractivity contribution in [2.45, 2.75) is 30.6 Å². The van der Waals surface area contributed by atoms with E-state index < -0.39 is 0 Å². The maximum absolute atomic E-state index is 13.3. The lowest BCUT2D eigenvalue weighted by atomic mass is 10.2. The van der Waals surface area contributed by atoms with E-state index in [1.807, 2.05) is 11.8 Å². The van der Waals surface area contributed by atoms with Gasteiger partial charge >= 0.3 is 0 Å². The van der Waals surface area contributed by atoms with E-state index >= 15 is 0 Å². The number of thioether (sulfide) groups is 1. The first kappa shape index (κ1) is 10.7. The Morgan fingerprint density at radius 1 is 1.53 bits per heavy atom. The first-order valence-corrected chi connectivity index (χ1v) is 6.48. The summed E-state index contributed by atoms with van der Waals surface area (Å²) in [5.74, 6) is 0.134. The van der Waals surface area contributed by atoms with E-state index in [-0.39, 0.29) is 5.82 Å². The Labute approximate surface area is 93.7 Å². The molecular formula is C11H15FN2S. The molecule has 15 heavy (non-hydrogen) atoms. The third kappa shape index (κ3) is 2.62. The summed E-state index contributed by atoms with van der Waals surface area (Å²) in [5.41, 5.74) is 0. The topological polar surface area (TPSA) is 24.9 Å². The molecule has 2 unspecified atom stereocenters. The first-order chi connectivity index (χ1) is 7.29. The summed E-state index contributed by atoms with van der Waals surface area (Å²) in [7, 11) is 0. The molecule has 82 valence electrons. The second kappa shape index (κ2) is 4.84. The molecule has 2 nitrogen and oxygen atoms in total. The van der Waals surface area contributed by atoms with Gasteiger partial charge in [0.2, 0.25) is 0 Å². The maximum Gasteiger partial charge on any atom is 0.165 e. The van der Waals surface area contributed by atoms with Crippen LogP contribution in [0, 0.1) is 5.82 Å². The van der Waals surface area contributed by atoms with Crippen LogP contribution in [0.25, 0.3) is 0 Å². The fraction of sp³-hybridized carbons (Fsp3) is 0.545. The van der Waals surface area contributed by atoms with Crippen molar-refractivity contribution in [3.63, 3.8) is 0 Å². The van der Waals surface area contributed by atoms with Crippen molar-refractivity contribution in [3.05, 3.63) is 24.1 Å². The van der Waals surface area contributed by atoms with Gasteiger partial charge in [0, 0.05) is 17.5 Å². The van der Waals surface area contributed by atoms with Crippen LogP contribution in [0.2, 0.25) is 0 Å². The van der Waals surface area contributed by atoms with Gasteiger partial charge < -0.3 is 5.32 Å². The minimum Gasteiger partial charge on any atom is -0.365 e. The van der Waals surface area contributed by atoms with Crippen LogP contribution in [-0.2, 0) is 0 Å². The number of nitrogens with one attached hydrogen (secondary N) is 1. The molecular weight excluding hydrogens is 211 g/mol. The predicted octanol–water partition coefficient (Wildman–Crippen LogP) is 2.92. The Kier molecular flexibility index (Phi) is 3.46. The molecule has 1 saturated carbocycles. The standard InChI is InChI=1S/C11H15FN2S/c1-15-9-5-4-8(7-9)14-11-10(12)3-2-6-13-11/h2-3,6,8-9H,4-5,7H2,1H3,(H,13,14). The highest BCUT2D eigenvalue weighted by atomic mass is 32.2. The number of halogens is 1. The molecule has 1 aliphatic rings. The van der Waals surface area contributed by atoms with Crippen molar-refractivity contribution in [2.75, 3.05) is 11.6 Å². The van der Waals surface area contributed by atoms with Crippen molar-refractivity contribution >= 4 is 17.6 Å². The van der Waals surface area contributed by atoms with E-state index in [0.29, 0.717) is 17.1 Å². The molecule has 2 atom stereocenters. The molecule has 0 spiro atoms. The summed E-state index contributed by atoms with van der Waals surface area (Å²) in [6.07, 6.45) is 7.19. The van der Waals surface area contributed by atoms with Crippen LogP contribution in [-0.4, -0.2) is 22.5 Å². The Morgan fingerprint density at radius 2 is 2.40 bits per heavy atom. The maximum atomic E-state index is 13.3. The molecule has 0 aromatic carbocycles. The van der Waals surface area contributed by atoms with Gasteiger partial charge in [-0.3, -0.25) is 0 Å². The Balaban J connectivity index is 1.96. The lowest BCUT2D eigenvalue weighted by molar-refractivity contribution is 0.617. The van der Waals surface area contributed by atoms with Crippen molar-refractivity contribution in [1.29, 1.82) is 0 Å². The molecule has 0 amide bonds. The largest absolute Gasteiger partial charge is 0.365 e. The van der Waals surface area contributed by atoms with Gasteiger partial charge in [0.05, 0.1) is 0 Å². The van der Waals surface area contributed by atoms with E-state index in [0.717, 1.165) is 12.8 Å². The molecule has 1 heterocycles. The van der Waals surface area contributed by atoms with Gasteiger partial charge in [0.25, 0.3) is 0 Å². The summed E-state index contributed by atoms with van der Waals surface area (Å²) in [4.78, 5) is 4.00. The molecule has 0 aliphatic heterocycles. The summed E-state index contributed by atoms with van der Waals surface area (Å²) in [6, 6.07) is 3.43. The molecule has 0 radical (unpaired) electrons. The fourth-order valence-corrected chi connectivity index (χ4v) is 2.77. The van der Waals surface area contributed by atoms with Crippen LogP contribution < -0.4 is 5.32 Å². The highest BCUT2D eigenvalue weighted by Gasteiger charge is 2.24. The number of pyridine rings is 1. The predicted molar refractivity (Wildman–Crippen MR) is 62.8 cm³/mol. The van der Waals surface area contributed by atoms with Gasteiger partial charge in [0.15, 0.2) is 11.6 Å². The van der Waals surface area contributed by atoms with Crippen LogP contribution in [0.3, 0.4) is 0 Å². The molecule has 1 aliphatic carbocycles. The van der Waals surface area contributed by atoms with Crippen LogP contribution in [0.1, 0.15) is 19.3 Å². The van der Waals surface area contributed by atoms with E-state index in [1.165, 1.54) is 12.5 Å². The van der Waals surface area contributed by atoms with Crippen molar-refractivity contribution in [2.24, 2.45) is 0 Å². The summed E-state index contributed by atoms with van der Waals surface area (Å²) < 4.78 is 13.3. The summed E-state index contributed by atoms with van der Waals surface area (Å²) >= 11 is 1.90. The SMILES string of the molecule is CSC1CCC(Nc2ncccc2F)C1. The third-order valence-electron chi connectivity index (χ3n) is 2.82. The van der Waals surface area contributed by atoms with Gasteiger partial charge in [-0.2, -0.15) is 11.8 Å². The Hall–Kier alpha value is -0.770. The smallest absolute Gasteiger partial charge is 0.165 e. The zero-order chi connectivity index (χ0) is 10.7. The van der Waals surface area contributed by atoms with Crippen molar-refractivity contribution in [3.8, 4) is 0 Å². The van der Waals surface area contributed by atoms with Crippen molar-refractivity contribution in [1.82, 2.24) is 4.98 Å². The minimum absolute atomic E-state index is 0.259. The number of anilines is 1. The van der Waals surface area contributed by atoms with Crippen LogP contribution >= 0.6 is 11.8 Å². The number of rotatable bonds is 3. The zero-order valence-corrected chi connectivity index (χ0v) is 9.56. The summed E-state index contributed by atoms with van der Waals surface area (Å²) in [6.45, 7) is 0. The van der Waals surface area contributed by atoms with Gasteiger partial charge in [-0.1, -0.05) is 0 Å². The first-order valence-electron chi connectivity index (χ1n) is 5.19. The Bertz CT molecular complexity index is 332. The molecule has 0 bridgehead atoms. The molecule has 2 rings (SSSR count).